The van der Waals surface area contributed by atoms with Crippen LogP contribution < -0.4 is 24.4 Å². The summed E-state index contributed by atoms with van der Waals surface area (Å²) >= 11 is 4.93. The molecule has 3 aromatic carbocycles. The number of halogens is 1. The number of benzene rings is 3. The van der Waals surface area contributed by atoms with Crippen molar-refractivity contribution in [2.24, 2.45) is 4.99 Å². The van der Waals surface area contributed by atoms with Gasteiger partial charge in [0, 0.05) is 4.47 Å². The van der Waals surface area contributed by atoms with Crippen molar-refractivity contribution in [1.82, 2.24) is 4.57 Å². The van der Waals surface area contributed by atoms with Gasteiger partial charge in [-0.15, -0.1) is 0 Å². The van der Waals surface area contributed by atoms with E-state index in [1.54, 1.807) is 18.4 Å². The molecule has 0 radical (unpaired) electrons. The Kier molecular flexibility index (Phi) is 8.85. The number of carbonyl (C=O) groups excluding carboxylic acids is 1. The van der Waals surface area contributed by atoms with E-state index < -0.39 is 12.0 Å². The van der Waals surface area contributed by atoms with Crippen LogP contribution in [0, 0.1) is 0 Å². The van der Waals surface area contributed by atoms with Gasteiger partial charge >= 0.3 is 5.97 Å². The van der Waals surface area contributed by atoms with Crippen molar-refractivity contribution in [1.29, 1.82) is 0 Å². The Morgan fingerprint density at radius 1 is 1.00 bits per heavy atom. The summed E-state index contributed by atoms with van der Waals surface area (Å²) in [5.74, 6) is 0.695. The molecule has 5 rings (SSSR count). The van der Waals surface area contributed by atoms with Crippen LogP contribution in [-0.4, -0.2) is 23.8 Å². The Balaban J connectivity index is 1.59. The highest BCUT2D eigenvalue weighted by Crippen LogP contribution is 2.35. The summed E-state index contributed by atoms with van der Waals surface area (Å²) in [6.45, 7) is 6.52. The molecule has 0 unspecified atom stereocenters. The van der Waals surface area contributed by atoms with E-state index in [9.17, 15) is 9.59 Å². The number of aromatic nitrogens is 1. The van der Waals surface area contributed by atoms with E-state index in [0.29, 0.717) is 45.3 Å². The van der Waals surface area contributed by atoms with Gasteiger partial charge in [0.15, 0.2) is 16.3 Å². The number of fused-ring (bicyclic) bond motifs is 1. The van der Waals surface area contributed by atoms with Gasteiger partial charge in [0.05, 0.1) is 35.1 Å². The Morgan fingerprint density at radius 3 is 2.37 bits per heavy atom. The summed E-state index contributed by atoms with van der Waals surface area (Å²) in [6.07, 6.45) is 1.81. The number of esters is 1. The van der Waals surface area contributed by atoms with Gasteiger partial charge in [-0.25, -0.2) is 9.79 Å². The predicted octanol–water partition coefficient (Wildman–Crippen LogP) is 5.54. The van der Waals surface area contributed by atoms with E-state index in [1.807, 2.05) is 85.8 Å². The maximum Gasteiger partial charge on any atom is 0.338 e. The third-order valence-electron chi connectivity index (χ3n) is 6.52. The summed E-state index contributed by atoms with van der Waals surface area (Å²) in [6, 6.07) is 22.4. The number of thiazole rings is 1. The quantitative estimate of drug-likeness (QED) is 0.226. The van der Waals surface area contributed by atoms with Crippen molar-refractivity contribution in [3.8, 4) is 11.5 Å². The molecule has 0 amide bonds. The zero-order valence-electron chi connectivity index (χ0n) is 22.9. The lowest BCUT2D eigenvalue weighted by Crippen LogP contribution is -2.39. The summed E-state index contributed by atoms with van der Waals surface area (Å²) in [4.78, 5) is 32.1. The molecule has 0 spiro atoms. The van der Waals surface area contributed by atoms with Crippen LogP contribution in [0.2, 0.25) is 0 Å². The molecule has 9 heteroatoms. The van der Waals surface area contributed by atoms with Crippen LogP contribution in [0.15, 0.2) is 98.3 Å². The molecule has 1 aromatic heterocycles. The van der Waals surface area contributed by atoms with Crippen molar-refractivity contribution in [3.63, 3.8) is 0 Å². The summed E-state index contributed by atoms with van der Waals surface area (Å²) in [5.41, 5.74) is 3.25. The molecule has 0 saturated carbocycles. The molecule has 4 aromatic rings. The lowest BCUT2D eigenvalue weighted by Gasteiger charge is -2.24. The van der Waals surface area contributed by atoms with Crippen LogP contribution >= 0.6 is 27.3 Å². The number of rotatable bonds is 9. The van der Waals surface area contributed by atoms with E-state index in [4.69, 9.17) is 14.2 Å². The molecule has 0 fully saturated rings. The van der Waals surface area contributed by atoms with Crippen molar-refractivity contribution < 1.29 is 19.0 Å². The fraction of sp³-hybridized carbons (Fsp3) is 0.219. The first kappa shape index (κ1) is 28.6. The van der Waals surface area contributed by atoms with Crippen molar-refractivity contribution in [2.45, 2.75) is 33.4 Å². The zero-order chi connectivity index (χ0) is 28.9. The molecule has 0 N–H and O–H groups in total. The highest BCUT2D eigenvalue weighted by Gasteiger charge is 2.33. The topological polar surface area (TPSA) is 79.1 Å². The summed E-state index contributed by atoms with van der Waals surface area (Å²) in [7, 11) is 0. The highest BCUT2D eigenvalue weighted by molar-refractivity contribution is 9.10. The third-order valence-corrected chi connectivity index (χ3v) is 8.19. The molecule has 7 nitrogen and oxygen atoms in total. The maximum absolute atomic E-state index is 13.9. The number of allylic oxidation sites excluding steroid dienone is 1. The van der Waals surface area contributed by atoms with E-state index in [-0.39, 0.29) is 12.2 Å². The van der Waals surface area contributed by atoms with Crippen LogP contribution in [-0.2, 0) is 16.1 Å². The van der Waals surface area contributed by atoms with Crippen molar-refractivity contribution >= 4 is 39.3 Å². The molecular weight excluding hydrogens is 604 g/mol. The van der Waals surface area contributed by atoms with Crippen molar-refractivity contribution in [3.05, 3.63) is 125 Å². The fourth-order valence-corrected chi connectivity index (χ4v) is 6.14. The molecule has 1 aliphatic heterocycles. The smallest absolute Gasteiger partial charge is 0.338 e. The van der Waals surface area contributed by atoms with Crippen LogP contribution in [0.3, 0.4) is 0 Å². The van der Waals surface area contributed by atoms with Crippen LogP contribution in [0.25, 0.3) is 6.08 Å². The van der Waals surface area contributed by atoms with Gasteiger partial charge in [0.2, 0.25) is 0 Å². The Bertz CT molecular complexity index is 1780. The second kappa shape index (κ2) is 12.7. The number of carbonyl (C=O) groups is 1. The van der Waals surface area contributed by atoms with Gasteiger partial charge in [0.25, 0.3) is 5.56 Å². The van der Waals surface area contributed by atoms with E-state index in [2.05, 4.69) is 20.9 Å². The Hall–Kier alpha value is -3.95. The number of hydrogen-bond donors (Lipinski definition) is 0. The SMILES string of the molecule is CCOC(=O)C1=C(C)N=c2s/c(=C\c3cc(OCC)c(OCc4ccccc4)cc3Br)c(=O)n2[C@H]1c1ccccc1. The first-order chi connectivity index (χ1) is 19.9. The second-order valence-electron chi connectivity index (χ2n) is 9.24. The van der Waals surface area contributed by atoms with E-state index >= 15 is 0 Å². The van der Waals surface area contributed by atoms with Gasteiger partial charge in [-0.1, -0.05) is 87.9 Å². The van der Waals surface area contributed by atoms with Gasteiger partial charge in [-0.2, -0.15) is 0 Å². The van der Waals surface area contributed by atoms with E-state index in [0.717, 1.165) is 21.2 Å². The molecular formula is C32H29BrN2O5S. The average molecular weight is 634 g/mol. The minimum absolute atomic E-state index is 0.225. The van der Waals surface area contributed by atoms with Crippen LogP contribution in [0.1, 0.15) is 43.5 Å². The molecule has 41 heavy (non-hydrogen) atoms. The molecule has 1 aliphatic rings. The first-order valence-corrected chi connectivity index (χ1v) is 14.9. The largest absolute Gasteiger partial charge is 0.490 e. The predicted molar refractivity (Wildman–Crippen MR) is 163 cm³/mol. The molecule has 0 bridgehead atoms. The highest BCUT2D eigenvalue weighted by atomic mass is 79.9. The standard InChI is InChI=1S/C32H29BrN2O5S/c1-4-38-25-16-23(24(33)18-26(25)40-19-21-12-8-6-9-13-21)17-27-30(36)35-29(22-14-10-7-11-15-22)28(31(37)39-5-2)20(3)34-32(35)41-27/h6-18,29H,4-5,19H2,1-3H3/b27-17-/t29-/m0/s1. The number of hydrogen-bond acceptors (Lipinski definition) is 7. The molecule has 0 saturated heterocycles. The lowest BCUT2D eigenvalue weighted by molar-refractivity contribution is -0.139. The zero-order valence-corrected chi connectivity index (χ0v) is 25.3. The van der Waals surface area contributed by atoms with Gasteiger partial charge in [0.1, 0.15) is 6.61 Å². The first-order valence-electron chi connectivity index (χ1n) is 13.3. The van der Waals surface area contributed by atoms with Gasteiger partial charge in [-0.05, 0) is 55.7 Å². The maximum atomic E-state index is 13.9. The minimum atomic E-state index is -0.648. The summed E-state index contributed by atoms with van der Waals surface area (Å²) < 4.78 is 20.2. The monoisotopic (exact) mass is 632 g/mol. The second-order valence-corrected chi connectivity index (χ2v) is 11.1. The molecule has 2 heterocycles. The van der Waals surface area contributed by atoms with Crippen LogP contribution in [0.4, 0.5) is 0 Å². The normalized spacial score (nSPS) is 14.8. The van der Waals surface area contributed by atoms with Crippen molar-refractivity contribution in [2.75, 3.05) is 13.2 Å². The Morgan fingerprint density at radius 2 is 1.68 bits per heavy atom. The average Bonchev–Trinajstić information content (AvgIpc) is 3.28. The van der Waals surface area contributed by atoms with Crippen LogP contribution in [0.5, 0.6) is 11.5 Å². The molecule has 1 atom stereocenters. The van der Waals surface area contributed by atoms with Gasteiger partial charge < -0.3 is 14.2 Å². The van der Waals surface area contributed by atoms with E-state index in [1.165, 1.54) is 11.3 Å². The third kappa shape index (κ3) is 6.06. The number of nitrogens with zero attached hydrogens (tertiary/aromatic N) is 2. The fourth-order valence-electron chi connectivity index (χ4n) is 4.66. The lowest BCUT2D eigenvalue weighted by atomic mass is 9.96. The Labute approximate surface area is 250 Å². The number of ether oxygens (including phenoxy) is 3. The summed E-state index contributed by atoms with van der Waals surface area (Å²) in [5, 5.41) is 0. The van der Waals surface area contributed by atoms with Gasteiger partial charge in [-0.3, -0.25) is 9.36 Å². The molecule has 210 valence electrons. The molecule has 0 aliphatic carbocycles. The minimum Gasteiger partial charge on any atom is -0.490 e.